The quantitative estimate of drug-likeness (QED) is 0.580. The molecule has 0 aromatic carbocycles. The molecular weight excluding hydrogens is 285 g/mol. The summed E-state index contributed by atoms with van der Waals surface area (Å²) in [5.41, 5.74) is 0. The molecule has 4 radical (unpaired) electrons. The lowest BCUT2D eigenvalue weighted by Crippen LogP contribution is -2.09. The second-order valence-corrected chi connectivity index (χ2v) is 7.87. The van der Waals surface area contributed by atoms with E-state index in [0.717, 1.165) is 17.7 Å². The summed E-state index contributed by atoms with van der Waals surface area (Å²) < 4.78 is 0. The molecule has 4 fully saturated rings. The number of hydrogen-bond acceptors (Lipinski definition) is 1. The number of rotatable bonds is 0. The zero-order valence-corrected chi connectivity index (χ0v) is 16.0. The molecule has 3 atom stereocenters. The van der Waals surface area contributed by atoms with Crippen molar-refractivity contribution in [3.63, 3.8) is 0 Å². The summed E-state index contributed by atoms with van der Waals surface area (Å²) in [5, 5.41) is 3.15. The Kier molecular flexibility index (Phi) is 16.8. The largest absolute Gasteiger partial charge is 0.360 e. The van der Waals surface area contributed by atoms with Gasteiger partial charge in [0, 0.05) is 0 Å². The van der Waals surface area contributed by atoms with Crippen LogP contribution < -0.4 is 5.23 Å². The van der Waals surface area contributed by atoms with Gasteiger partial charge in [0.05, 0.1) is 0 Å². The average Bonchev–Trinajstić information content (AvgIpc) is 3.31. The summed E-state index contributed by atoms with van der Waals surface area (Å²) >= 11 is 0. The van der Waals surface area contributed by atoms with Gasteiger partial charge < -0.3 is 5.23 Å². The average molecular weight is 327 g/mol. The maximum atomic E-state index is 3.15. The monoisotopic (exact) mass is 327 g/mol. The van der Waals surface area contributed by atoms with E-state index in [1.165, 1.54) is 76.6 Å². The first kappa shape index (κ1) is 24.2. The summed E-state index contributed by atoms with van der Waals surface area (Å²) in [6.07, 6.45) is 15.3. The van der Waals surface area contributed by atoms with Gasteiger partial charge in [-0.2, -0.15) is 0 Å². The fraction of sp³-hybridized carbons (Fsp3) is 1.00. The lowest BCUT2D eigenvalue weighted by atomic mass is 9.76. The third kappa shape index (κ3) is 14.6. The minimum Gasteiger partial charge on any atom is -0.360 e. The minimum absolute atomic E-state index is 0. The van der Waals surface area contributed by atoms with E-state index in [2.05, 4.69) is 55.3 Å². The van der Waals surface area contributed by atoms with Crippen molar-refractivity contribution in [1.29, 1.82) is 0 Å². The summed E-state index contributed by atoms with van der Waals surface area (Å²) in [6.45, 7) is 8.02. The van der Waals surface area contributed by atoms with Crippen LogP contribution in [0.2, 0.25) is 43.7 Å². The fourth-order valence-corrected chi connectivity index (χ4v) is 3.25. The highest BCUT2D eigenvalue weighted by Crippen LogP contribution is 2.19. The second kappa shape index (κ2) is 16.7. The first-order valence-corrected chi connectivity index (χ1v) is 10.2. The second-order valence-electron chi connectivity index (χ2n) is 7.87. The number of hydrogen-bond donors (Lipinski definition) is 1. The van der Waals surface area contributed by atoms with Gasteiger partial charge in [-0.05, 0) is 13.0 Å². The standard InChI is InChI=1S/2C5H10B.C4H9BN.C4H8B.CH4/c2*1-5-2-3-6-4-5;1-4-2-3-6-5-4;1-2-4-5-3-1;/h2*5H,2-4H2,1H3;4,6H,2-3H2,1H3;1-4H2;1H4. The van der Waals surface area contributed by atoms with Crippen LogP contribution in [0.4, 0.5) is 0 Å². The third-order valence-corrected chi connectivity index (χ3v) is 5.08. The van der Waals surface area contributed by atoms with E-state index in [9.17, 15) is 0 Å². The Morgan fingerprint density at radius 1 is 0.708 bits per heavy atom. The van der Waals surface area contributed by atoms with Crippen molar-refractivity contribution in [1.82, 2.24) is 5.23 Å². The molecule has 0 saturated carbocycles. The molecule has 0 amide bonds. The SMILES string of the molecule is C.CC1C[B]CC1.CC1C[B]CC1.CC1[B]NCC1.[B]1CCCC1. The molecule has 4 heterocycles. The molecule has 4 aliphatic heterocycles. The van der Waals surface area contributed by atoms with E-state index in [4.69, 9.17) is 0 Å². The van der Waals surface area contributed by atoms with Crippen molar-refractivity contribution in [3.05, 3.63) is 0 Å². The van der Waals surface area contributed by atoms with Crippen LogP contribution in [-0.4, -0.2) is 35.8 Å². The molecule has 24 heavy (non-hydrogen) atoms. The van der Waals surface area contributed by atoms with Gasteiger partial charge in [-0.3, -0.25) is 0 Å². The Bertz CT molecular complexity index is 203. The molecule has 0 aromatic heterocycles. The molecule has 0 spiro atoms. The van der Waals surface area contributed by atoms with E-state index in [1.807, 2.05) is 0 Å². The van der Waals surface area contributed by atoms with Gasteiger partial charge in [-0.1, -0.05) is 109 Å². The smallest absolute Gasteiger partial charge is 0.208 e. The highest BCUT2D eigenvalue weighted by molar-refractivity contribution is 6.37. The van der Waals surface area contributed by atoms with Crippen LogP contribution in [0.5, 0.6) is 0 Å². The molecule has 0 aliphatic carbocycles. The van der Waals surface area contributed by atoms with Gasteiger partial charge in [0.1, 0.15) is 21.8 Å². The van der Waals surface area contributed by atoms with E-state index in [1.54, 1.807) is 0 Å². The van der Waals surface area contributed by atoms with Gasteiger partial charge >= 0.3 is 0 Å². The molecular formula is C19H41B4N. The topological polar surface area (TPSA) is 12.0 Å². The first-order chi connectivity index (χ1) is 11.2. The summed E-state index contributed by atoms with van der Waals surface area (Å²) in [7, 11) is 9.27. The molecule has 4 aliphatic rings. The lowest BCUT2D eigenvalue weighted by molar-refractivity contribution is 0.658. The van der Waals surface area contributed by atoms with Crippen LogP contribution in [0.3, 0.4) is 0 Å². The molecule has 4 saturated heterocycles. The van der Waals surface area contributed by atoms with Crippen LogP contribution >= 0.6 is 0 Å². The normalized spacial score (nSPS) is 29.5. The molecule has 4 rings (SSSR count). The van der Waals surface area contributed by atoms with E-state index in [-0.39, 0.29) is 7.43 Å². The van der Waals surface area contributed by atoms with Crippen molar-refractivity contribution >= 4 is 29.3 Å². The van der Waals surface area contributed by atoms with Gasteiger partial charge in [-0.25, -0.2) is 0 Å². The Morgan fingerprint density at radius 2 is 1.25 bits per heavy atom. The summed E-state index contributed by atoms with van der Waals surface area (Å²) in [5.74, 6) is 2.79. The fourth-order valence-electron chi connectivity index (χ4n) is 3.25. The predicted molar refractivity (Wildman–Crippen MR) is 117 cm³/mol. The molecule has 5 heteroatoms. The minimum atomic E-state index is 0. The zero-order valence-electron chi connectivity index (χ0n) is 16.0. The third-order valence-electron chi connectivity index (χ3n) is 5.08. The van der Waals surface area contributed by atoms with Crippen molar-refractivity contribution in [3.8, 4) is 0 Å². The van der Waals surface area contributed by atoms with E-state index in [0.29, 0.717) is 0 Å². The molecule has 3 unspecified atom stereocenters. The van der Waals surface area contributed by atoms with Crippen LogP contribution in [0, 0.1) is 11.8 Å². The van der Waals surface area contributed by atoms with Crippen molar-refractivity contribution < 1.29 is 0 Å². The molecule has 1 N–H and O–H groups in total. The van der Waals surface area contributed by atoms with Gasteiger partial charge in [0.15, 0.2) is 0 Å². The van der Waals surface area contributed by atoms with Gasteiger partial charge in [0.25, 0.3) is 0 Å². The maximum absolute atomic E-state index is 3.15. The van der Waals surface area contributed by atoms with Crippen LogP contribution in [-0.2, 0) is 0 Å². The first-order valence-electron chi connectivity index (χ1n) is 10.2. The van der Waals surface area contributed by atoms with Gasteiger partial charge in [-0.15, -0.1) is 0 Å². The molecule has 0 aromatic rings. The Hall–Kier alpha value is 0.220. The van der Waals surface area contributed by atoms with Crippen molar-refractivity contribution in [2.24, 2.45) is 11.8 Å². The van der Waals surface area contributed by atoms with Crippen molar-refractivity contribution in [2.45, 2.75) is 104 Å². The summed E-state index contributed by atoms with van der Waals surface area (Å²) in [4.78, 5) is 0. The summed E-state index contributed by atoms with van der Waals surface area (Å²) in [6, 6.07) is 0. The molecule has 1 nitrogen and oxygen atoms in total. The Morgan fingerprint density at radius 3 is 1.38 bits per heavy atom. The van der Waals surface area contributed by atoms with E-state index < -0.39 is 0 Å². The Labute approximate surface area is 157 Å². The van der Waals surface area contributed by atoms with Crippen LogP contribution in [0.25, 0.3) is 0 Å². The lowest BCUT2D eigenvalue weighted by Gasteiger charge is -1.92. The molecule has 0 bridgehead atoms. The highest BCUT2D eigenvalue weighted by Gasteiger charge is 2.09. The van der Waals surface area contributed by atoms with Gasteiger partial charge in [0.2, 0.25) is 7.41 Å². The predicted octanol–water partition coefficient (Wildman–Crippen LogP) is 5.50. The molecule has 134 valence electrons. The van der Waals surface area contributed by atoms with Crippen molar-refractivity contribution in [2.75, 3.05) is 6.54 Å². The maximum Gasteiger partial charge on any atom is 0.208 e. The van der Waals surface area contributed by atoms with E-state index >= 15 is 0 Å². The van der Waals surface area contributed by atoms with Crippen LogP contribution in [0.15, 0.2) is 0 Å². The highest BCUT2D eigenvalue weighted by atomic mass is 14.8. The number of nitrogens with one attached hydrogen (secondary N) is 1. The van der Waals surface area contributed by atoms with Crippen LogP contribution in [0.1, 0.15) is 60.3 Å². The zero-order chi connectivity index (χ0) is 16.8. The Balaban J connectivity index is 0.000000291.